The van der Waals surface area contributed by atoms with E-state index in [9.17, 15) is 0 Å². The molecule has 15 heavy (non-hydrogen) atoms. The summed E-state index contributed by atoms with van der Waals surface area (Å²) in [5.74, 6) is 0.959. The summed E-state index contributed by atoms with van der Waals surface area (Å²) >= 11 is 0. The van der Waals surface area contributed by atoms with Gasteiger partial charge in [-0.3, -0.25) is 4.90 Å². The Hall–Kier alpha value is -0.840. The molecule has 4 nitrogen and oxygen atoms in total. The smallest absolute Gasteiger partial charge is 0.117 e. The summed E-state index contributed by atoms with van der Waals surface area (Å²) in [5.41, 5.74) is 0. The quantitative estimate of drug-likeness (QED) is 0.805. The van der Waals surface area contributed by atoms with E-state index in [-0.39, 0.29) is 12.7 Å². The van der Waals surface area contributed by atoms with Crippen molar-refractivity contribution in [1.82, 2.24) is 4.90 Å². The number of hydrogen-bond acceptors (Lipinski definition) is 4. The SMILES string of the molecule is CC1COC(CO)CN1Cc1ccco1. The first-order valence-corrected chi connectivity index (χ1v) is 5.28. The molecule has 4 heteroatoms. The lowest BCUT2D eigenvalue weighted by molar-refractivity contribution is -0.0820. The molecule has 1 aromatic rings. The van der Waals surface area contributed by atoms with Crippen molar-refractivity contribution in [1.29, 1.82) is 0 Å². The van der Waals surface area contributed by atoms with Crippen LogP contribution in [0.15, 0.2) is 22.8 Å². The van der Waals surface area contributed by atoms with Crippen LogP contribution in [0.2, 0.25) is 0 Å². The minimum absolute atomic E-state index is 0.0591. The van der Waals surface area contributed by atoms with E-state index in [1.165, 1.54) is 0 Å². The predicted octanol–water partition coefficient (Wildman–Crippen LogP) is 0.861. The van der Waals surface area contributed by atoms with Gasteiger partial charge in [0.2, 0.25) is 0 Å². The van der Waals surface area contributed by atoms with Gasteiger partial charge in [-0.1, -0.05) is 0 Å². The fourth-order valence-corrected chi connectivity index (χ4v) is 1.81. The van der Waals surface area contributed by atoms with Gasteiger partial charge < -0.3 is 14.3 Å². The molecule has 0 spiro atoms. The van der Waals surface area contributed by atoms with Gasteiger partial charge in [0, 0.05) is 12.6 Å². The fraction of sp³-hybridized carbons (Fsp3) is 0.636. The summed E-state index contributed by atoms with van der Waals surface area (Å²) in [6.45, 7) is 4.43. The Balaban J connectivity index is 1.94. The molecule has 2 heterocycles. The molecule has 2 rings (SSSR count). The van der Waals surface area contributed by atoms with Gasteiger partial charge in [-0.05, 0) is 19.1 Å². The van der Waals surface area contributed by atoms with Crippen LogP contribution in [0.1, 0.15) is 12.7 Å². The van der Waals surface area contributed by atoms with E-state index in [0.717, 1.165) is 18.8 Å². The van der Waals surface area contributed by atoms with Crippen molar-refractivity contribution in [3.63, 3.8) is 0 Å². The van der Waals surface area contributed by atoms with Crippen molar-refractivity contribution in [2.75, 3.05) is 19.8 Å². The van der Waals surface area contributed by atoms with Crippen LogP contribution in [0.5, 0.6) is 0 Å². The molecular formula is C11H17NO3. The second-order valence-electron chi connectivity index (χ2n) is 4.00. The Kier molecular flexibility index (Phi) is 3.41. The molecule has 2 unspecified atom stereocenters. The summed E-state index contributed by atoms with van der Waals surface area (Å²) in [6.07, 6.45) is 1.63. The number of nitrogens with zero attached hydrogens (tertiary/aromatic N) is 1. The average Bonchev–Trinajstić information content (AvgIpc) is 2.74. The van der Waals surface area contributed by atoms with E-state index >= 15 is 0 Å². The Morgan fingerprint density at radius 1 is 1.60 bits per heavy atom. The number of aliphatic hydroxyl groups is 1. The van der Waals surface area contributed by atoms with Crippen LogP contribution in [0.3, 0.4) is 0 Å². The van der Waals surface area contributed by atoms with Gasteiger partial charge in [0.15, 0.2) is 0 Å². The van der Waals surface area contributed by atoms with Crippen LogP contribution in [-0.2, 0) is 11.3 Å². The Morgan fingerprint density at radius 2 is 2.47 bits per heavy atom. The van der Waals surface area contributed by atoms with Gasteiger partial charge in [-0.25, -0.2) is 0 Å². The van der Waals surface area contributed by atoms with Gasteiger partial charge in [0.05, 0.1) is 32.1 Å². The highest BCUT2D eigenvalue weighted by atomic mass is 16.5. The Morgan fingerprint density at radius 3 is 3.13 bits per heavy atom. The van der Waals surface area contributed by atoms with Crippen molar-refractivity contribution in [3.05, 3.63) is 24.2 Å². The van der Waals surface area contributed by atoms with E-state index in [1.54, 1.807) is 6.26 Å². The largest absolute Gasteiger partial charge is 0.468 e. The van der Waals surface area contributed by atoms with Crippen LogP contribution in [-0.4, -0.2) is 41.9 Å². The lowest BCUT2D eigenvalue weighted by atomic mass is 10.2. The molecule has 0 amide bonds. The van der Waals surface area contributed by atoms with Gasteiger partial charge >= 0.3 is 0 Å². The lowest BCUT2D eigenvalue weighted by Gasteiger charge is -2.36. The molecule has 0 radical (unpaired) electrons. The third kappa shape index (κ3) is 2.59. The number of furan rings is 1. The maximum Gasteiger partial charge on any atom is 0.117 e. The van der Waals surface area contributed by atoms with E-state index in [2.05, 4.69) is 11.8 Å². The molecule has 84 valence electrons. The third-order valence-electron chi connectivity index (χ3n) is 2.78. The molecule has 1 saturated heterocycles. The van der Waals surface area contributed by atoms with Crippen LogP contribution in [0.25, 0.3) is 0 Å². The summed E-state index contributed by atoms with van der Waals surface area (Å²) in [4.78, 5) is 2.27. The van der Waals surface area contributed by atoms with Crippen molar-refractivity contribution in [2.45, 2.75) is 25.6 Å². The number of ether oxygens (including phenoxy) is 1. The summed E-state index contributed by atoms with van der Waals surface area (Å²) < 4.78 is 10.8. The topological polar surface area (TPSA) is 45.8 Å². The Bertz CT molecular complexity index is 286. The molecule has 0 bridgehead atoms. The van der Waals surface area contributed by atoms with E-state index < -0.39 is 0 Å². The maximum absolute atomic E-state index is 9.05. The normalized spacial score (nSPS) is 28.1. The Labute approximate surface area is 89.4 Å². The molecular weight excluding hydrogens is 194 g/mol. The molecule has 0 aromatic carbocycles. The molecule has 2 atom stereocenters. The second kappa shape index (κ2) is 4.79. The first-order valence-electron chi connectivity index (χ1n) is 5.28. The van der Waals surface area contributed by atoms with Gasteiger partial charge in [-0.15, -0.1) is 0 Å². The fourth-order valence-electron chi connectivity index (χ4n) is 1.81. The summed E-state index contributed by atoms with van der Waals surface area (Å²) in [5, 5.41) is 9.05. The van der Waals surface area contributed by atoms with Crippen LogP contribution < -0.4 is 0 Å². The van der Waals surface area contributed by atoms with Crippen LogP contribution in [0.4, 0.5) is 0 Å². The number of morpholine rings is 1. The van der Waals surface area contributed by atoms with Crippen molar-refractivity contribution >= 4 is 0 Å². The molecule has 1 aromatic heterocycles. The lowest BCUT2D eigenvalue weighted by Crippen LogP contribution is -2.48. The predicted molar refractivity (Wildman–Crippen MR) is 55.4 cm³/mol. The maximum atomic E-state index is 9.05. The van der Waals surface area contributed by atoms with E-state index in [1.807, 2.05) is 12.1 Å². The first-order chi connectivity index (χ1) is 7.29. The summed E-state index contributed by atoms with van der Waals surface area (Å²) in [6, 6.07) is 4.23. The number of aliphatic hydroxyl groups excluding tert-OH is 1. The monoisotopic (exact) mass is 211 g/mol. The highest BCUT2D eigenvalue weighted by Gasteiger charge is 2.25. The third-order valence-corrected chi connectivity index (χ3v) is 2.78. The van der Waals surface area contributed by atoms with E-state index in [0.29, 0.717) is 12.6 Å². The van der Waals surface area contributed by atoms with E-state index in [4.69, 9.17) is 14.3 Å². The zero-order chi connectivity index (χ0) is 10.7. The standard InChI is InChI=1S/C11H17NO3/c1-9-8-15-11(7-13)6-12(9)5-10-3-2-4-14-10/h2-4,9,11,13H,5-8H2,1H3. The molecule has 1 N–H and O–H groups in total. The van der Waals surface area contributed by atoms with Crippen molar-refractivity contribution in [3.8, 4) is 0 Å². The average molecular weight is 211 g/mol. The zero-order valence-corrected chi connectivity index (χ0v) is 8.93. The first kappa shape index (κ1) is 10.7. The zero-order valence-electron chi connectivity index (χ0n) is 8.93. The summed E-state index contributed by atoms with van der Waals surface area (Å²) in [7, 11) is 0. The number of rotatable bonds is 3. The van der Waals surface area contributed by atoms with Crippen LogP contribution >= 0.6 is 0 Å². The van der Waals surface area contributed by atoms with Gasteiger partial charge in [0.1, 0.15) is 5.76 Å². The molecule has 1 aliphatic heterocycles. The van der Waals surface area contributed by atoms with Gasteiger partial charge in [0.25, 0.3) is 0 Å². The minimum atomic E-state index is -0.0591. The number of hydrogen-bond donors (Lipinski definition) is 1. The van der Waals surface area contributed by atoms with Crippen molar-refractivity contribution < 1.29 is 14.3 Å². The molecule has 1 aliphatic rings. The second-order valence-corrected chi connectivity index (χ2v) is 4.00. The van der Waals surface area contributed by atoms with Gasteiger partial charge in [-0.2, -0.15) is 0 Å². The van der Waals surface area contributed by atoms with Crippen LogP contribution in [0, 0.1) is 0 Å². The highest BCUT2D eigenvalue weighted by molar-refractivity contribution is 4.98. The minimum Gasteiger partial charge on any atom is -0.468 e. The van der Waals surface area contributed by atoms with Crippen molar-refractivity contribution in [2.24, 2.45) is 0 Å². The highest BCUT2D eigenvalue weighted by Crippen LogP contribution is 2.15. The molecule has 0 saturated carbocycles. The molecule has 1 fully saturated rings. The molecule has 0 aliphatic carbocycles.